The highest BCUT2D eigenvalue weighted by atomic mass is 16.5. The first-order chi connectivity index (χ1) is 3.81. The summed E-state index contributed by atoms with van der Waals surface area (Å²) < 4.78 is 4.27. The minimum atomic E-state index is -0.843. The van der Waals surface area contributed by atoms with Crippen molar-refractivity contribution in [1.29, 1.82) is 0 Å². The van der Waals surface area contributed by atoms with Gasteiger partial charge >= 0.3 is 14.8 Å². The predicted molar refractivity (Wildman–Crippen MR) is 32.1 cm³/mol. The van der Waals surface area contributed by atoms with Crippen LogP contribution in [-0.4, -0.2) is 24.9 Å². The highest BCUT2D eigenvalue weighted by Crippen LogP contribution is 1.92. The van der Waals surface area contributed by atoms with Crippen LogP contribution in [0, 0.1) is 0 Å². The van der Waals surface area contributed by atoms with Gasteiger partial charge in [-0.25, -0.2) is 0 Å². The summed E-state index contributed by atoms with van der Waals surface area (Å²) >= 11 is 0. The molecule has 0 aliphatic rings. The molecule has 0 aromatic rings. The SMILES string of the molecule is CCCB(O)O[B]O. The second-order valence-electron chi connectivity index (χ2n) is 1.48. The van der Waals surface area contributed by atoms with Gasteiger partial charge in [0.15, 0.2) is 0 Å². The predicted octanol–water partition coefficient (Wildman–Crippen LogP) is -0.580. The van der Waals surface area contributed by atoms with Crippen LogP contribution in [0.2, 0.25) is 6.32 Å². The van der Waals surface area contributed by atoms with Crippen molar-refractivity contribution in [2.24, 2.45) is 0 Å². The van der Waals surface area contributed by atoms with Crippen LogP contribution in [0.3, 0.4) is 0 Å². The van der Waals surface area contributed by atoms with E-state index in [1.165, 1.54) is 0 Å². The summed E-state index contributed by atoms with van der Waals surface area (Å²) in [6, 6.07) is 0. The van der Waals surface area contributed by atoms with E-state index in [0.29, 0.717) is 14.0 Å². The Bertz CT molecular complexity index is 45.8. The lowest BCUT2D eigenvalue weighted by atomic mass is 9.83. The van der Waals surface area contributed by atoms with Crippen LogP contribution in [-0.2, 0) is 4.57 Å². The second-order valence-corrected chi connectivity index (χ2v) is 1.48. The normalized spacial score (nSPS) is 8.88. The fraction of sp³-hybridized carbons (Fsp3) is 1.00. The van der Waals surface area contributed by atoms with Crippen LogP contribution in [0.5, 0.6) is 0 Å². The molecule has 0 rings (SSSR count). The van der Waals surface area contributed by atoms with E-state index in [4.69, 9.17) is 10.0 Å². The maximum Gasteiger partial charge on any atom is 0.470 e. The van der Waals surface area contributed by atoms with Gasteiger partial charge in [0.25, 0.3) is 0 Å². The fourth-order valence-electron chi connectivity index (χ4n) is 0.385. The molecule has 0 spiro atoms. The Labute approximate surface area is 50.1 Å². The summed E-state index contributed by atoms with van der Waals surface area (Å²) in [5.41, 5.74) is 0. The molecular formula is C3H9B2O3. The molecule has 0 aliphatic carbocycles. The molecular weight excluding hydrogens is 106 g/mol. The van der Waals surface area contributed by atoms with Crippen LogP contribution in [0.25, 0.3) is 0 Å². The van der Waals surface area contributed by atoms with Crippen molar-refractivity contribution < 1.29 is 14.6 Å². The molecule has 45 valence electrons. The van der Waals surface area contributed by atoms with Crippen molar-refractivity contribution >= 4 is 14.8 Å². The standard InChI is InChI=1S/C3H9B2O3/c1-2-3-5(7)8-4-6/h6-7H,2-3H2,1H3. The highest BCUT2D eigenvalue weighted by Gasteiger charge is 2.09. The highest BCUT2D eigenvalue weighted by molar-refractivity contribution is 6.49. The van der Waals surface area contributed by atoms with E-state index in [-0.39, 0.29) is 0 Å². The minimum absolute atomic E-state index is 0.500. The first kappa shape index (κ1) is 8.01. The molecule has 0 aromatic carbocycles. The van der Waals surface area contributed by atoms with E-state index in [2.05, 4.69) is 4.57 Å². The van der Waals surface area contributed by atoms with E-state index in [1.54, 1.807) is 0 Å². The Morgan fingerprint density at radius 1 is 1.75 bits per heavy atom. The van der Waals surface area contributed by atoms with Gasteiger partial charge < -0.3 is 14.6 Å². The fourth-order valence-corrected chi connectivity index (χ4v) is 0.385. The van der Waals surface area contributed by atoms with Crippen molar-refractivity contribution in [3.63, 3.8) is 0 Å². The van der Waals surface area contributed by atoms with E-state index < -0.39 is 7.12 Å². The zero-order valence-electron chi connectivity index (χ0n) is 4.87. The van der Waals surface area contributed by atoms with Crippen LogP contribution in [0.1, 0.15) is 13.3 Å². The average molecular weight is 115 g/mol. The summed E-state index contributed by atoms with van der Waals surface area (Å²) in [6.45, 7) is 1.92. The molecule has 8 heavy (non-hydrogen) atoms. The van der Waals surface area contributed by atoms with Crippen molar-refractivity contribution in [2.75, 3.05) is 0 Å². The van der Waals surface area contributed by atoms with E-state index >= 15 is 0 Å². The van der Waals surface area contributed by atoms with Crippen molar-refractivity contribution in [3.05, 3.63) is 0 Å². The number of hydrogen-bond donors (Lipinski definition) is 2. The van der Waals surface area contributed by atoms with E-state index in [1.807, 2.05) is 6.92 Å². The molecule has 0 bridgehead atoms. The van der Waals surface area contributed by atoms with Gasteiger partial charge in [-0.05, 0) is 6.32 Å². The summed E-state index contributed by atoms with van der Waals surface area (Å²) in [4.78, 5) is 0. The summed E-state index contributed by atoms with van der Waals surface area (Å²) in [7, 11) is -0.342. The zero-order valence-corrected chi connectivity index (χ0v) is 4.87. The first-order valence-electron chi connectivity index (χ1n) is 2.60. The molecule has 0 aromatic heterocycles. The third-order valence-electron chi connectivity index (χ3n) is 0.754. The topological polar surface area (TPSA) is 49.7 Å². The summed E-state index contributed by atoms with van der Waals surface area (Å²) in [6.07, 6.45) is 1.39. The molecule has 0 aliphatic heterocycles. The van der Waals surface area contributed by atoms with Crippen molar-refractivity contribution in [1.82, 2.24) is 0 Å². The van der Waals surface area contributed by atoms with Gasteiger partial charge in [-0.1, -0.05) is 13.3 Å². The Morgan fingerprint density at radius 2 is 2.38 bits per heavy atom. The first-order valence-corrected chi connectivity index (χ1v) is 2.60. The van der Waals surface area contributed by atoms with Gasteiger partial charge in [-0.3, -0.25) is 0 Å². The third kappa shape index (κ3) is 4.18. The Morgan fingerprint density at radius 3 is 2.75 bits per heavy atom. The minimum Gasteiger partial charge on any atom is -0.453 e. The molecule has 3 nitrogen and oxygen atoms in total. The monoisotopic (exact) mass is 115 g/mol. The lowest BCUT2D eigenvalue weighted by Crippen LogP contribution is -2.19. The summed E-state index contributed by atoms with van der Waals surface area (Å²) in [5, 5.41) is 16.6. The Kier molecular flexibility index (Phi) is 5.16. The smallest absolute Gasteiger partial charge is 0.453 e. The zero-order chi connectivity index (χ0) is 6.41. The van der Waals surface area contributed by atoms with Gasteiger partial charge in [0.1, 0.15) is 0 Å². The molecule has 5 heteroatoms. The molecule has 0 atom stereocenters. The quantitative estimate of drug-likeness (QED) is 0.481. The Hall–Kier alpha value is 0.00987. The van der Waals surface area contributed by atoms with Crippen molar-refractivity contribution in [2.45, 2.75) is 19.7 Å². The maximum atomic E-state index is 8.64. The van der Waals surface area contributed by atoms with Crippen LogP contribution in [0.4, 0.5) is 0 Å². The lowest BCUT2D eigenvalue weighted by Gasteiger charge is -1.99. The van der Waals surface area contributed by atoms with Gasteiger partial charge in [-0.2, -0.15) is 0 Å². The third-order valence-corrected chi connectivity index (χ3v) is 0.754. The summed E-state index contributed by atoms with van der Waals surface area (Å²) in [5.74, 6) is 0. The van der Waals surface area contributed by atoms with Crippen LogP contribution in [0.15, 0.2) is 0 Å². The molecule has 2 N–H and O–H groups in total. The number of hydrogen-bond acceptors (Lipinski definition) is 3. The molecule has 0 unspecified atom stereocenters. The molecule has 0 fully saturated rings. The second kappa shape index (κ2) is 5.15. The molecule has 1 radical (unpaired) electrons. The largest absolute Gasteiger partial charge is 0.470 e. The lowest BCUT2D eigenvalue weighted by molar-refractivity contribution is 0.378. The van der Waals surface area contributed by atoms with Crippen LogP contribution < -0.4 is 0 Å². The molecule has 0 amide bonds. The van der Waals surface area contributed by atoms with Gasteiger partial charge in [0.05, 0.1) is 0 Å². The van der Waals surface area contributed by atoms with E-state index in [0.717, 1.165) is 6.42 Å². The molecule has 0 heterocycles. The maximum absolute atomic E-state index is 8.64. The van der Waals surface area contributed by atoms with E-state index in [9.17, 15) is 0 Å². The van der Waals surface area contributed by atoms with Crippen LogP contribution >= 0.6 is 0 Å². The average Bonchev–Trinajstić information content (AvgIpc) is 1.68. The number of rotatable bonds is 4. The molecule has 0 saturated carbocycles. The van der Waals surface area contributed by atoms with Crippen molar-refractivity contribution in [3.8, 4) is 0 Å². The Balaban J connectivity index is 2.92. The van der Waals surface area contributed by atoms with Gasteiger partial charge in [-0.15, -0.1) is 0 Å². The molecule has 0 saturated heterocycles. The van der Waals surface area contributed by atoms with Gasteiger partial charge in [0.2, 0.25) is 0 Å². The van der Waals surface area contributed by atoms with Gasteiger partial charge in [0, 0.05) is 0 Å².